The molecule has 3 rings (SSSR count). The Balaban J connectivity index is 2.22. The van der Waals surface area contributed by atoms with Crippen LogP contribution in [0.25, 0.3) is 0 Å². The van der Waals surface area contributed by atoms with Gasteiger partial charge in [-0.1, -0.05) is 6.08 Å². The van der Waals surface area contributed by atoms with Gasteiger partial charge >= 0.3 is 12.1 Å². The van der Waals surface area contributed by atoms with Gasteiger partial charge < -0.3 is 9.47 Å². The standard InChI is InChI=1S/C16H10F3N3O4/c1-2-9-6-14(7-20,8-21)13-11-5-10(25-16(17,18)19)3-4-12(11)26-15(9,13)22(23)24/h2-5,9,13H,1,6H2/t9?,13-,15+/m1/s1. The predicted octanol–water partition coefficient (Wildman–Crippen LogP) is 3.27. The summed E-state index contributed by atoms with van der Waals surface area (Å²) in [6, 6.07) is 6.56. The van der Waals surface area contributed by atoms with Crippen molar-refractivity contribution in [3.8, 4) is 23.6 Å². The van der Waals surface area contributed by atoms with Gasteiger partial charge in [0.15, 0.2) is 5.41 Å². The summed E-state index contributed by atoms with van der Waals surface area (Å²) < 4.78 is 46.8. The van der Waals surface area contributed by atoms with Crippen LogP contribution in [0.15, 0.2) is 30.9 Å². The number of halogens is 3. The third-order valence-electron chi connectivity index (χ3n) is 4.75. The Morgan fingerprint density at radius 2 is 2.08 bits per heavy atom. The van der Waals surface area contributed by atoms with Crippen LogP contribution in [0.4, 0.5) is 13.2 Å². The average molecular weight is 365 g/mol. The van der Waals surface area contributed by atoms with Crippen LogP contribution in [0.5, 0.6) is 11.5 Å². The minimum atomic E-state index is -4.96. The van der Waals surface area contributed by atoms with Gasteiger partial charge in [-0.15, -0.1) is 19.8 Å². The fourth-order valence-corrected chi connectivity index (χ4v) is 3.79. The zero-order valence-corrected chi connectivity index (χ0v) is 13.0. The molecule has 1 aromatic rings. The Morgan fingerprint density at radius 3 is 2.58 bits per heavy atom. The van der Waals surface area contributed by atoms with Crippen LogP contribution in [0, 0.1) is 44.1 Å². The Bertz CT molecular complexity index is 872. The lowest BCUT2D eigenvalue weighted by atomic mass is 9.75. The lowest BCUT2D eigenvalue weighted by Gasteiger charge is -2.25. The van der Waals surface area contributed by atoms with E-state index >= 15 is 0 Å². The van der Waals surface area contributed by atoms with Crippen LogP contribution in [0.1, 0.15) is 17.9 Å². The van der Waals surface area contributed by atoms with E-state index in [1.54, 1.807) is 12.1 Å². The van der Waals surface area contributed by atoms with E-state index in [0.717, 1.165) is 18.2 Å². The van der Waals surface area contributed by atoms with E-state index in [9.17, 15) is 33.8 Å². The van der Waals surface area contributed by atoms with Gasteiger partial charge in [-0.2, -0.15) is 10.5 Å². The molecule has 1 heterocycles. The molecular weight excluding hydrogens is 355 g/mol. The minimum Gasteiger partial charge on any atom is -0.426 e. The van der Waals surface area contributed by atoms with Crippen LogP contribution in [0.2, 0.25) is 0 Å². The van der Waals surface area contributed by atoms with E-state index in [-0.39, 0.29) is 17.7 Å². The van der Waals surface area contributed by atoms with Gasteiger partial charge in [0, 0.05) is 5.56 Å². The quantitative estimate of drug-likeness (QED) is 0.462. The Kier molecular flexibility index (Phi) is 3.62. The molecule has 3 atom stereocenters. The van der Waals surface area contributed by atoms with E-state index in [1.165, 1.54) is 6.08 Å². The summed E-state index contributed by atoms with van der Waals surface area (Å²) in [7, 11) is 0. The Morgan fingerprint density at radius 1 is 1.42 bits per heavy atom. The van der Waals surface area contributed by atoms with E-state index < -0.39 is 40.0 Å². The molecule has 1 fully saturated rings. The maximum absolute atomic E-state index is 12.5. The minimum absolute atomic E-state index is 0.0455. The van der Waals surface area contributed by atoms with Crippen LogP contribution in [-0.2, 0) is 0 Å². The number of hydrogen-bond acceptors (Lipinski definition) is 6. The van der Waals surface area contributed by atoms with Crippen LogP contribution < -0.4 is 9.47 Å². The van der Waals surface area contributed by atoms with Crippen molar-refractivity contribution in [3.05, 3.63) is 46.5 Å². The highest BCUT2D eigenvalue weighted by atomic mass is 19.4. The van der Waals surface area contributed by atoms with Crippen LogP contribution in [0.3, 0.4) is 0 Å². The van der Waals surface area contributed by atoms with Crippen molar-refractivity contribution in [1.82, 2.24) is 0 Å². The normalized spacial score (nSPS) is 28.0. The lowest BCUT2D eigenvalue weighted by Crippen LogP contribution is -2.49. The monoisotopic (exact) mass is 365 g/mol. The first-order valence-corrected chi connectivity index (χ1v) is 7.32. The molecular formula is C16H10F3N3O4. The first-order chi connectivity index (χ1) is 12.1. The molecule has 26 heavy (non-hydrogen) atoms. The number of fused-ring (bicyclic) bond motifs is 3. The summed E-state index contributed by atoms with van der Waals surface area (Å²) in [5.41, 5.74) is -4.09. The maximum atomic E-state index is 12.5. The summed E-state index contributed by atoms with van der Waals surface area (Å²) in [5.74, 6) is -3.07. The van der Waals surface area contributed by atoms with Gasteiger partial charge in [0.25, 0.3) is 0 Å². The number of nitro groups is 1. The van der Waals surface area contributed by atoms with Crippen molar-refractivity contribution in [2.24, 2.45) is 11.3 Å². The van der Waals surface area contributed by atoms with E-state index in [4.69, 9.17) is 4.74 Å². The molecule has 0 saturated heterocycles. The molecule has 0 bridgehead atoms. The second-order valence-electron chi connectivity index (χ2n) is 6.03. The molecule has 0 amide bonds. The summed E-state index contributed by atoms with van der Waals surface area (Å²) in [5, 5.41) is 31.0. The van der Waals surface area contributed by atoms with E-state index in [2.05, 4.69) is 11.3 Å². The molecule has 0 aromatic heterocycles. The first kappa shape index (κ1) is 17.5. The SMILES string of the molecule is C=CC1CC(C#N)(C#N)[C@H]2c3cc(OC(F)(F)F)ccc3O[C@@]12[N+](=O)[O-]. The van der Waals surface area contributed by atoms with Crippen molar-refractivity contribution in [3.63, 3.8) is 0 Å². The van der Waals surface area contributed by atoms with Crippen molar-refractivity contribution in [2.75, 3.05) is 0 Å². The molecule has 0 radical (unpaired) electrons. The van der Waals surface area contributed by atoms with E-state index in [1.807, 2.05) is 0 Å². The number of nitriles is 2. The maximum Gasteiger partial charge on any atom is 0.573 e. The van der Waals surface area contributed by atoms with Crippen molar-refractivity contribution in [1.29, 1.82) is 10.5 Å². The zero-order valence-electron chi connectivity index (χ0n) is 13.0. The van der Waals surface area contributed by atoms with Gasteiger partial charge in [0.05, 0.1) is 23.0 Å². The second kappa shape index (κ2) is 5.36. The highest BCUT2D eigenvalue weighted by Crippen LogP contribution is 2.64. The van der Waals surface area contributed by atoms with Crippen LogP contribution in [-0.4, -0.2) is 17.0 Å². The van der Waals surface area contributed by atoms with E-state index in [0.29, 0.717) is 0 Å². The number of hydrogen-bond donors (Lipinski definition) is 0. The Hall–Kier alpha value is -3.27. The number of nitrogens with zero attached hydrogens (tertiary/aromatic N) is 3. The zero-order chi connectivity index (χ0) is 19.3. The number of rotatable bonds is 3. The molecule has 7 nitrogen and oxygen atoms in total. The van der Waals surface area contributed by atoms with Crippen molar-refractivity contribution >= 4 is 0 Å². The first-order valence-electron chi connectivity index (χ1n) is 7.32. The molecule has 1 aliphatic carbocycles. The highest BCUT2D eigenvalue weighted by molar-refractivity contribution is 5.52. The third kappa shape index (κ3) is 2.19. The van der Waals surface area contributed by atoms with Crippen molar-refractivity contribution < 1.29 is 27.6 Å². The average Bonchev–Trinajstić information content (AvgIpc) is 3.05. The van der Waals surface area contributed by atoms with Gasteiger partial charge in [-0.3, -0.25) is 10.1 Å². The number of alkyl halides is 3. The molecule has 134 valence electrons. The third-order valence-corrected chi connectivity index (χ3v) is 4.75. The molecule has 1 unspecified atom stereocenters. The number of ether oxygens (including phenoxy) is 2. The van der Waals surface area contributed by atoms with Gasteiger partial charge in [0.2, 0.25) is 0 Å². The fraction of sp³-hybridized carbons (Fsp3) is 0.375. The predicted molar refractivity (Wildman–Crippen MR) is 78.2 cm³/mol. The molecule has 0 spiro atoms. The van der Waals surface area contributed by atoms with Crippen molar-refractivity contribution in [2.45, 2.75) is 24.4 Å². The molecule has 1 saturated carbocycles. The summed E-state index contributed by atoms with van der Waals surface area (Å²) >= 11 is 0. The summed E-state index contributed by atoms with van der Waals surface area (Å²) in [6.07, 6.45) is -3.96. The Labute approximate surface area is 145 Å². The summed E-state index contributed by atoms with van der Waals surface area (Å²) in [4.78, 5) is 11.1. The van der Waals surface area contributed by atoms with Gasteiger partial charge in [-0.25, -0.2) is 0 Å². The molecule has 2 aliphatic rings. The fourth-order valence-electron chi connectivity index (χ4n) is 3.79. The largest absolute Gasteiger partial charge is 0.573 e. The second-order valence-corrected chi connectivity index (χ2v) is 6.03. The smallest absolute Gasteiger partial charge is 0.426 e. The summed E-state index contributed by atoms with van der Waals surface area (Å²) in [6.45, 7) is 3.52. The topological polar surface area (TPSA) is 109 Å². The van der Waals surface area contributed by atoms with Gasteiger partial charge in [-0.05, 0) is 24.6 Å². The highest BCUT2D eigenvalue weighted by Gasteiger charge is 2.76. The molecule has 10 heteroatoms. The molecule has 0 N–H and O–H groups in total. The van der Waals surface area contributed by atoms with Gasteiger partial charge in [0.1, 0.15) is 17.4 Å². The lowest BCUT2D eigenvalue weighted by molar-refractivity contribution is -0.622. The van der Waals surface area contributed by atoms with Crippen LogP contribution >= 0.6 is 0 Å². The molecule has 1 aliphatic heterocycles. The molecule has 1 aromatic carbocycles. The number of benzene rings is 1.